The monoisotopic (exact) mass is 295 g/mol. The van der Waals surface area contributed by atoms with Gasteiger partial charge in [0.15, 0.2) is 0 Å². The second-order valence-electron chi connectivity index (χ2n) is 6.15. The summed E-state index contributed by atoms with van der Waals surface area (Å²) in [4.78, 5) is 13.9. The molecule has 0 amide bonds. The second-order valence-corrected chi connectivity index (χ2v) is 6.15. The Balaban J connectivity index is 1.79. The van der Waals surface area contributed by atoms with E-state index in [9.17, 15) is 9.90 Å². The molecular formula is C19H21NO2. The molecule has 0 unspecified atom stereocenters. The third-order valence-electron chi connectivity index (χ3n) is 4.43. The van der Waals surface area contributed by atoms with Gasteiger partial charge < -0.3 is 5.11 Å². The predicted molar refractivity (Wildman–Crippen MR) is 86.8 cm³/mol. The van der Waals surface area contributed by atoms with Crippen molar-refractivity contribution in [2.75, 3.05) is 13.1 Å². The fraction of sp³-hybridized carbons (Fsp3) is 0.316. The summed E-state index contributed by atoms with van der Waals surface area (Å²) in [5.74, 6) is -0.950. The maximum atomic E-state index is 11.6. The molecule has 0 spiro atoms. The van der Waals surface area contributed by atoms with Crippen LogP contribution in [0, 0.1) is 12.8 Å². The highest BCUT2D eigenvalue weighted by Gasteiger charge is 2.38. The van der Waals surface area contributed by atoms with Gasteiger partial charge >= 0.3 is 5.97 Å². The minimum Gasteiger partial charge on any atom is -0.481 e. The Hall–Kier alpha value is -2.13. The number of nitrogens with zero attached hydrogens (tertiary/aromatic N) is 1. The molecule has 2 aromatic rings. The van der Waals surface area contributed by atoms with Crippen LogP contribution in [0.25, 0.3) is 0 Å². The molecule has 3 nitrogen and oxygen atoms in total. The SMILES string of the molecule is Cc1cccc([C@H]2CN(Cc3ccccc3)C[C@H]2C(=O)O)c1. The molecule has 2 aromatic carbocycles. The number of rotatable bonds is 4. The quantitative estimate of drug-likeness (QED) is 0.941. The van der Waals surface area contributed by atoms with E-state index in [1.54, 1.807) is 0 Å². The third kappa shape index (κ3) is 3.20. The number of benzene rings is 2. The van der Waals surface area contributed by atoms with Crippen molar-refractivity contribution < 1.29 is 9.90 Å². The average Bonchev–Trinajstić information content (AvgIpc) is 2.92. The normalized spacial score (nSPS) is 21.9. The average molecular weight is 295 g/mol. The predicted octanol–water partition coefficient (Wildman–Crippen LogP) is 3.30. The highest BCUT2D eigenvalue weighted by Crippen LogP contribution is 2.34. The molecule has 0 bridgehead atoms. The first-order chi connectivity index (χ1) is 10.6. The van der Waals surface area contributed by atoms with Gasteiger partial charge in [-0.05, 0) is 18.1 Å². The zero-order valence-electron chi connectivity index (χ0n) is 12.8. The number of hydrogen-bond acceptors (Lipinski definition) is 2. The van der Waals surface area contributed by atoms with Gasteiger partial charge in [-0.2, -0.15) is 0 Å². The Morgan fingerprint density at radius 2 is 1.91 bits per heavy atom. The van der Waals surface area contributed by atoms with Gasteiger partial charge in [0.1, 0.15) is 0 Å². The van der Waals surface area contributed by atoms with Gasteiger partial charge in [0, 0.05) is 25.6 Å². The molecule has 0 aliphatic carbocycles. The number of aryl methyl sites for hydroxylation is 1. The molecule has 1 heterocycles. The van der Waals surface area contributed by atoms with Crippen molar-refractivity contribution in [1.82, 2.24) is 4.90 Å². The van der Waals surface area contributed by atoms with Crippen LogP contribution in [0.5, 0.6) is 0 Å². The maximum Gasteiger partial charge on any atom is 0.308 e. The molecule has 114 valence electrons. The molecule has 22 heavy (non-hydrogen) atoms. The van der Waals surface area contributed by atoms with Crippen LogP contribution < -0.4 is 0 Å². The minimum absolute atomic E-state index is 0.0705. The number of carboxylic acid groups (broad SMARTS) is 1. The van der Waals surface area contributed by atoms with Crippen LogP contribution in [0.3, 0.4) is 0 Å². The highest BCUT2D eigenvalue weighted by atomic mass is 16.4. The van der Waals surface area contributed by atoms with E-state index in [1.807, 2.05) is 24.3 Å². The molecule has 2 atom stereocenters. The Morgan fingerprint density at radius 3 is 2.59 bits per heavy atom. The summed E-state index contributed by atoms with van der Waals surface area (Å²) in [7, 11) is 0. The molecule has 3 heteroatoms. The smallest absolute Gasteiger partial charge is 0.308 e. The number of carbonyl (C=O) groups is 1. The van der Waals surface area contributed by atoms with Crippen molar-refractivity contribution in [3.63, 3.8) is 0 Å². The van der Waals surface area contributed by atoms with Gasteiger partial charge in [-0.25, -0.2) is 0 Å². The minimum atomic E-state index is -0.693. The Kier molecular flexibility index (Phi) is 4.25. The van der Waals surface area contributed by atoms with Crippen LogP contribution in [0.1, 0.15) is 22.6 Å². The van der Waals surface area contributed by atoms with Crippen molar-refractivity contribution in [3.8, 4) is 0 Å². The summed E-state index contributed by atoms with van der Waals surface area (Å²) in [5, 5.41) is 9.57. The summed E-state index contributed by atoms with van der Waals surface area (Å²) in [5.41, 5.74) is 3.56. The molecule has 0 radical (unpaired) electrons. The summed E-state index contributed by atoms with van der Waals surface area (Å²) >= 11 is 0. The molecule has 0 saturated carbocycles. The lowest BCUT2D eigenvalue weighted by atomic mass is 9.88. The Labute approximate surface area is 131 Å². The first kappa shape index (κ1) is 14.8. The van der Waals surface area contributed by atoms with Gasteiger partial charge in [-0.15, -0.1) is 0 Å². The van der Waals surface area contributed by atoms with E-state index in [0.29, 0.717) is 6.54 Å². The van der Waals surface area contributed by atoms with Crippen LogP contribution >= 0.6 is 0 Å². The molecule has 1 fully saturated rings. The molecule has 1 saturated heterocycles. The van der Waals surface area contributed by atoms with Gasteiger partial charge in [-0.3, -0.25) is 9.69 Å². The van der Waals surface area contributed by atoms with Crippen LogP contribution in [0.2, 0.25) is 0 Å². The molecule has 1 N–H and O–H groups in total. The molecule has 0 aromatic heterocycles. The summed E-state index contributed by atoms with van der Waals surface area (Å²) < 4.78 is 0. The van der Waals surface area contributed by atoms with E-state index in [-0.39, 0.29) is 11.8 Å². The van der Waals surface area contributed by atoms with Gasteiger partial charge in [0.2, 0.25) is 0 Å². The van der Waals surface area contributed by atoms with Gasteiger partial charge in [0.25, 0.3) is 0 Å². The van der Waals surface area contributed by atoms with Crippen LogP contribution in [-0.4, -0.2) is 29.1 Å². The van der Waals surface area contributed by atoms with Gasteiger partial charge in [-0.1, -0.05) is 60.2 Å². The van der Waals surface area contributed by atoms with E-state index in [1.165, 1.54) is 11.1 Å². The van der Waals surface area contributed by atoms with Crippen molar-refractivity contribution in [2.24, 2.45) is 5.92 Å². The van der Waals surface area contributed by atoms with Crippen molar-refractivity contribution in [3.05, 3.63) is 71.3 Å². The van der Waals surface area contributed by atoms with Crippen LogP contribution in [0.4, 0.5) is 0 Å². The van der Waals surface area contributed by atoms with E-state index in [2.05, 4.69) is 42.2 Å². The number of carboxylic acids is 1. The fourth-order valence-electron chi connectivity index (χ4n) is 3.34. The zero-order chi connectivity index (χ0) is 15.5. The fourth-order valence-corrected chi connectivity index (χ4v) is 3.34. The van der Waals surface area contributed by atoms with Crippen molar-refractivity contribution in [2.45, 2.75) is 19.4 Å². The third-order valence-corrected chi connectivity index (χ3v) is 4.43. The lowest BCUT2D eigenvalue weighted by Crippen LogP contribution is -2.23. The Bertz CT molecular complexity index is 653. The lowest BCUT2D eigenvalue weighted by molar-refractivity contribution is -0.141. The topological polar surface area (TPSA) is 40.5 Å². The molecule has 1 aliphatic rings. The number of hydrogen-bond donors (Lipinski definition) is 1. The van der Waals surface area contributed by atoms with E-state index in [0.717, 1.165) is 18.7 Å². The summed E-state index contributed by atoms with van der Waals surface area (Å²) in [6.45, 7) is 4.28. The maximum absolute atomic E-state index is 11.6. The Morgan fingerprint density at radius 1 is 1.14 bits per heavy atom. The zero-order valence-corrected chi connectivity index (χ0v) is 12.8. The molecule has 1 aliphatic heterocycles. The summed E-state index contributed by atoms with van der Waals surface area (Å²) in [6, 6.07) is 18.5. The van der Waals surface area contributed by atoms with E-state index < -0.39 is 5.97 Å². The first-order valence-electron chi connectivity index (χ1n) is 7.69. The van der Waals surface area contributed by atoms with Crippen molar-refractivity contribution in [1.29, 1.82) is 0 Å². The number of likely N-dealkylation sites (tertiary alicyclic amines) is 1. The summed E-state index contributed by atoms with van der Waals surface area (Å²) in [6.07, 6.45) is 0. The lowest BCUT2D eigenvalue weighted by Gasteiger charge is -2.16. The standard InChI is InChI=1S/C19H21NO2/c1-14-6-5-9-16(10-14)17-12-20(13-18(17)19(21)22)11-15-7-3-2-4-8-15/h2-10,17-18H,11-13H2,1H3,(H,21,22)/t17-,18-/m1/s1. The van der Waals surface area contributed by atoms with Gasteiger partial charge in [0.05, 0.1) is 5.92 Å². The highest BCUT2D eigenvalue weighted by molar-refractivity contribution is 5.72. The van der Waals surface area contributed by atoms with E-state index >= 15 is 0 Å². The van der Waals surface area contributed by atoms with Crippen molar-refractivity contribution >= 4 is 5.97 Å². The van der Waals surface area contributed by atoms with E-state index in [4.69, 9.17) is 0 Å². The first-order valence-corrected chi connectivity index (χ1v) is 7.69. The molecule has 3 rings (SSSR count). The van der Waals surface area contributed by atoms with Crippen LogP contribution in [-0.2, 0) is 11.3 Å². The second kappa shape index (κ2) is 6.32. The largest absolute Gasteiger partial charge is 0.481 e. The molecular weight excluding hydrogens is 274 g/mol. The number of aliphatic carboxylic acids is 1. The van der Waals surface area contributed by atoms with Crippen LogP contribution in [0.15, 0.2) is 54.6 Å².